The number of fused-ring (bicyclic) bond motifs is 1. The van der Waals surface area contributed by atoms with Crippen molar-refractivity contribution in [3.8, 4) is 0 Å². The van der Waals surface area contributed by atoms with Crippen LogP contribution in [-0.4, -0.2) is 25.0 Å². The van der Waals surface area contributed by atoms with E-state index in [1.165, 1.54) is 16.7 Å². The molecule has 0 radical (unpaired) electrons. The first-order valence-electron chi connectivity index (χ1n) is 7.23. The molecule has 2 aliphatic rings. The summed E-state index contributed by atoms with van der Waals surface area (Å²) in [5.74, 6) is 0.994. The van der Waals surface area contributed by atoms with Crippen molar-refractivity contribution >= 4 is 5.84 Å². The molecule has 0 aromatic heterocycles. The summed E-state index contributed by atoms with van der Waals surface area (Å²) < 4.78 is 6.29. The van der Waals surface area contributed by atoms with Crippen molar-refractivity contribution in [3.63, 3.8) is 0 Å². The molecule has 0 spiro atoms. The van der Waals surface area contributed by atoms with Crippen LogP contribution in [0.15, 0.2) is 23.2 Å². The summed E-state index contributed by atoms with van der Waals surface area (Å²) in [7, 11) is 0. The average Bonchev–Trinajstić information content (AvgIpc) is 2.92. The maximum Gasteiger partial charge on any atom is 0.148 e. The van der Waals surface area contributed by atoms with E-state index >= 15 is 0 Å². The monoisotopic (exact) mass is 258 g/mol. The van der Waals surface area contributed by atoms with Crippen LogP contribution >= 0.6 is 0 Å². The molecule has 2 heterocycles. The molecule has 0 aliphatic carbocycles. The zero-order chi connectivity index (χ0) is 13.5. The number of rotatable bonds is 2. The SMILES string of the molecule is CCc1cccc2c1C[C@@H](C)OC2(C)C1=NCCN1. The standard InChI is InChI=1S/C16H22N2O/c1-4-12-6-5-7-14-13(12)10-11(2)19-16(14,3)15-17-8-9-18-15/h5-7,11H,4,8-10H2,1-3H3,(H,17,18)/t11-,16?/m1/s1. The first-order chi connectivity index (χ1) is 9.15. The second kappa shape index (κ2) is 4.64. The highest BCUT2D eigenvalue weighted by Gasteiger charge is 2.42. The molecular formula is C16H22N2O. The van der Waals surface area contributed by atoms with E-state index in [0.717, 1.165) is 31.8 Å². The molecule has 1 aromatic carbocycles. The van der Waals surface area contributed by atoms with Crippen LogP contribution in [0.4, 0.5) is 0 Å². The third kappa shape index (κ3) is 1.96. The lowest BCUT2D eigenvalue weighted by Gasteiger charge is -2.40. The van der Waals surface area contributed by atoms with E-state index in [9.17, 15) is 0 Å². The largest absolute Gasteiger partial charge is 0.369 e. The Labute approximate surface area is 115 Å². The van der Waals surface area contributed by atoms with Crippen molar-refractivity contribution in [3.05, 3.63) is 34.9 Å². The Morgan fingerprint density at radius 2 is 2.32 bits per heavy atom. The Bertz CT molecular complexity index is 523. The van der Waals surface area contributed by atoms with Crippen molar-refractivity contribution in [2.24, 2.45) is 4.99 Å². The molecule has 1 unspecified atom stereocenters. The van der Waals surface area contributed by atoms with Gasteiger partial charge in [-0.1, -0.05) is 25.1 Å². The lowest BCUT2D eigenvalue weighted by molar-refractivity contribution is -0.0475. The minimum Gasteiger partial charge on any atom is -0.369 e. The topological polar surface area (TPSA) is 33.6 Å². The molecular weight excluding hydrogens is 236 g/mol. The molecule has 19 heavy (non-hydrogen) atoms. The molecule has 2 aliphatic heterocycles. The van der Waals surface area contributed by atoms with E-state index in [-0.39, 0.29) is 6.10 Å². The van der Waals surface area contributed by atoms with Crippen LogP contribution in [0, 0.1) is 0 Å². The molecule has 0 saturated carbocycles. The quantitative estimate of drug-likeness (QED) is 0.884. The highest BCUT2D eigenvalue weighted by molar-refractivity contribution is 5.93. The molecule has 0 fully saturated rings. The van der Waals surface area contributed by atoms with Crippen LogP contribution in [0.3, 0.4) is 0 Å². The first kappa shape index (κ1) is 12.7. The van der Waals surface area contributed by atoms with Gasteiger partial charge in [0, 0.05) is 6.54 Å². The fourth-order valence-electron chi connectivity index (χ4n) is 3.35. The Morgan fingerprint density at radius 1 is 1.47 bits per heavy atom. The van der Waals surface area contributed by atoms with E-state index in [4.69, 9.17) is 4.74 Å². The van der Waals surface area contributed by atoms with E-state index in [0.29, 0.717) is 0 Å². The van der Waals surface area contributed by atoms with Gasteiger partial charge in [0.2, 0.25) is 0 Å². The summed E-state index contributed by atoms with van der Waals surface area (Å²) in [5.41, 5.74) is 3.78. The summed E-state index contributed by atoms with van der Waals surface area (Å²) in [6.07, 6.45) is 2.31. The summed E-state index contributed by atoms with van der Waals surface area (Å²) in [6.45, 7) is 8.30. The van der Waals surface area contributed by atoms with Crippen LogP contribution in [0.2, 0.25) is 0 Å². The van der Waals surface area contributed by atoms with Gasteiger partial charge < -0.3 is 10.1 Å². The third-order valence-electron chi connectivity index (χ3n) is 4.22. The predicted molar refractivity (Wildman–Crippen MR) is 77.7 cm³/mol. The van der Waals surface area contributed by atoms with Gasteiger partial charge in [0.05, 0.1) is 12.6 Å². The molecule has 0 saturated heterocycles. The van der Waals surface area contributed by atoms with Crippen molar-refractivity contribution in [1.29, 1.82) is 0 Å². The van der Waals surface area contributed by atoms with E-state index in [2.05, 4.69) is 49.3 Å². The number of amidine groups is 1. The van der Waals surface area contributed by atoms with E-state index < -0.39 is 5.60 Å². The molecule has 1 N–H and O–H groups in total. The van der Waals surface area contributed by atoms with Gasteiger partial charge >= 0.3 is 0 Å². The van der Waals surface area contributed by atoms with Crippen LogP contribution < -0.4 is 5.32 Å². The molecule has 102 valence electrons. The number of aliphatic imine (C=N–C) groups is 1. The van der Waals surface area contributed by atoms with Crippen molar-refractivity contribution in [2.45, 2.75) is 45.3 Å². The van der Waals surface area contributed by atoms with Gasteiger partial charge in [0.15, 0.2) is 0 Å². The number of nitrogens with zero attached hydrogens (tertiary/aromatic N) is 1. The fourth-order valence-corrected chi connectivity index (χ4v) is 3.35. The van der Waals surface area contributed by atoms with Crippen LogP contribution in [0.25, 0.3) is 0 Å². The number of ether oxygens (including phenoxy) is 1. The average molecular weight is 258 g/mol. The van der Waals surface area contributed by atoms with Gasteiger partial charge in [0.1, 0.15) is 11.4 Å². The van der Waals surface area contributed by atoms with E-state index in [1.54, 1.807) is 0 Å². The fraction of sp³-hybridized carbons (Fsp3) is 0.562. The molecule has 0 amide bonds. The van der Waals surface area contributed by atoms with Crippen molar-refractivity contribution in [2.75, 3.05) is 13.1 Å². The molecule has 3 rings (SSSR count). The minimum absolute atomic E-state index is 0.232. The van der Waals surface area contributed by atoms with Crippen molar-refractivity contribution < 1.29 is 4.74 Å². The predicted octanol–water partition coefficient (Wildman–Crippen LogP) is 2.43. The molecule has 0 bridgehead atoms. The Balaban J connectivity index is 2.14. The van der Waals surface area contributed by atoms with Gasteiger partial charge in [-0.25, -0.2) is 0 Å². The lowest BCUT2D eigenvalue weighted by Crippen LogP contribution is -2.48. The highest BCUT2D eigenvalue weighted by atomic mass is 16.5. The minimum atomic E-state index is -0.408. The number of hydrogen-bond donors (Lipinski definition) is 1. The number of benzene rings is 1. The number of aryl methyl sites for hydroxylation is 1. The van der Waals surface area contributed by atoms with Gasteiger partial charge in [0.25, 0.3) is 0 Å². The third-order valence-corrected chi connectivity index (χ3v) is 4.22. The zero-order valence-corrected chi connectivity index (χ0v) is 12.0. The van der Waals surface area contributed by atoms with Gasteiger partial charge in [-0.3, -0.25) is 4.99 Å². The Morgan fingerprint density at radius 3 is 3.00 bits per heavy atom. The summed E-state index contributed by atoms with van der Waals surface area (Å²) in [5, 5.41) is 3.39. The lowest BCUT2D eigenvalue weighted by atomic mass is 9.82. The first-order valence-corrected chi connectivity index (χ1v) is 7.23. The molecule has 2 atom stereocenters. The van der Waals surface area contributed by atoms with Gasteiger partial charge in [-0.05, 0) is 43.4 Å². The number of hydrogen-bond acceptors (Lipinski definition) is 3. The van der Waals surface area contributed by atoms with Gasteiger partial charge in [-0.15, -0.1) is 0 Å². The van der Waals surface area contributed by atoms with Crippen LogP contribution in [-0.2, 0) is 23.2 Å². The summed E-state index contributed by atoms with van der Waals surface area (Å²) in [4.78, 5) is 4.60. The molecule has 3 nitrogen and oxygen atoms in total. The molecule has 1 aromatic rings. The van der Waals surface area contributed by atoms with Crippen LogP contribution in [0.5, 0.6) is 0 Å². The van der Waals surface area contributed by atoms with Crippen LogP contribution in [0.1, 0.15) is 37.5 Å². The Kier molecular flexibility index (Phi) is 3.09. The Hall–Kier alpha value is -1.35. The number of nitrogens with one attached hydrogen (secondary N) is 1. The van der Waals surface area contributed by atoms with Crippen molar-refractivity contribution in [1.82, 2.24) is 5.32 Å². The smallest absolute Gasteiger partial charge is 0.148 e. The zero-order valence-electron chi connectivity index (χ0n) is 12.0. The molecule has 3 heteroatoms. The maximum absolute atomic E-state index is 6.29. The second-order valence-electron chi connectivity index (χ2n) is 5.62. The normalized spacial score (nSPS) is 29.6. The maximum atomic E-state index is 6.29. The second-order valence-corrected chi connectivity index (χ2v) is 5.62. The summed E-state index contributed by atoms with van der Waals surface area (Å²) in [6, 6.07) is 6.58. The summed E-state index contributed by atoms with van der Waals surface area (Å²) >= 11 is 0. The van der Waals surface area contributed by atoms with E-state index in [1.807, 2.05) is 0 Å². The highest BCUT2D eigenvalue weighted by Crippen LogP contribution is 2.38. The van der Waals surface area contributed by atoms with Gasteiger partial charge in [-0.2, -0.15) is 0 Å².